The highest BCUT2D eigenvalue weighted by Gasteiger charge is 2.20. The number of carbonyl (C=O) groups excluding carboxylic acids is 1. The predicted octanol–water partition coefficient (Wildman–Crippen LogP) is 3.29. The van der Waals surface area contributed by atoms with Crippen molar-refractivity contribution in [3.05, 3.63) is 34.9 Å². The molecule has 1 aliphatic carbocycles. The van der Waals surface area contributed by atoms with Crippen LogP contribution in [-0.4, -0.2) is 19.7 Å². The summed E-state index contributed by atoms with van der Waals surface area (Å²) in [7, 11) is 1.70. The molecule has 0 spiro atoms. The predicted molar refractivity (Wildman–Crippen MR) is 75.3 cm³/mol. The molecule has 0 radical (unpaired) electrons. The second kappa shape index (κ2) is 5.91. The highest BCUT2D eigenvalue weighted by molar-refractivity contribution is 5.87. The van der Waals surface area contributed by atoms with Gasteiger partial charge in [-0.25, -0.2) is 0 Å². The number of methoxy groups -OCH3 is 1. The number of hydrogen-bond acceptors (Lipinski definition) is 3. The Labute approximate surface area is 114 Å². The number of fused-ring (bicyclic) bond motifs is 1. The molecule has 0 fully saturated rings. The molecular formula is C16H20O3. The molecule has 3 heteroatoms. The van der Waals surface area contributed by atoms with Gasteiger partial charge in [-0.3, -0.25) is 4.79 Å². The first-order valence-corrected chi connectivity index (χ1v) is 6.68. The summed E-state index contributed by atoms with van der Waals surface area (Å²) in [5, 5.41) is 0. The van der Waals surface area contributed by atoms with E-state index in [0.29, 0.717) is 13.0 Å². The molecule has 0 aromatic heterocycles. The van der Waals surface area contributed by atoms with Gasteiger partial charge in [-0.05, 0) is 43.4 Å². The van der Waals surface area contributed by atoms with Gasteiger partial charge < -0.3 is 9.47 Å². The minimum absolute atomic E-state index is 0.166. The van der Waals surface area contributed by atoms with Crippen LogP contribution in [0.15, 0.2) is 18.2 Å². The minimum atomic E-state index is -0.166. The molecule has 0 heterocycles. The third-order valence-electron chi connectivity index (χ3n) is 3.43. The molecule has 0 bridgehead atoms. The van der Waals surface area contributed by atoms with Gasteiger partial charge in [-0.15, -0.1) is 0 Å². The Hall–Kier alpha value is -1.77. The monoisotopic (exact) mass is 260 g/mol. The first kappa shape index (κ1) is 13.7. The topological polar surface area (TPSA) is 35.5 Å². The lowest BCUT2D eigenvalue weighted by Gasteiger charge is -2.21. The summed E-state index contributed by atoms with van der Waals surface area (Å²) < 4.78 is 10.5. The first-order valence-electron chi connectivity index (χ1n) is 6.68. The lowest BCUT2D eigenvalue weighted by molar-refractivity contribution is -0.141. The molecule has 0 aliphatic heterocycles. The number of hydrogen-bond donors (Lipinski definition) is 0. The Morgan fingerprint density at radius 1 is 1.37 bits per heavy atom. The van der Waals surface area contributed by atoms with Gasteiger partial charge in [0.15, 0.2) is 0 Å². The largest absolute Gasteiger partial charge is 0.496 e. The van der Waals surface area contributed by atoms with E-state index in [4.69, 9.17) is 9.47 Å². The summed E-state index contributed by atoms with van der Waals surface area (Å²) in [5.41, 5.74) is 4.53. The zero-order valence-corrected chi connectivity index (χ0v) is 11.8. The molecule has 0 saturated heterocycles. The summed E-state index contributed by atoms with van der Waals surface area (Å²) >= 11 is 0. The molecule has 0 unspecified atom stereocenters. The maximum atomic E-state index is 11.6. The minimum Gasteiger partial charge on any atom is -0.496 e. The van der Waals surface area contributed by atoms with E-state index in [9.17, 15) is 4.79 Å². The zero-order valence-electron chi connectivity index (χ0n) is 11.8. The van der Waals surface area contributed by atoms with Crippen LogP contribution in [0.25, 0.3) is 5.57 Å². The molecule has 0 amide bonds. The maximum Gasteiger partial charge on any atom is 0.310 e. The van der Waals surface area contributed by atoms with Crippen LogP contribution < -0.4 is 4.74 Å². The zero-order chi connectivity index (χ0) is 13.8. The lowest BCUT2D eigenvalue weighted by Crippen LogP contribution is -2.09. The van der Waals surface area contributed by atoms with Crippen LogP contribution in [-0.2, 0) is 16.0 Å². The fraction of sp³-hybridized carbons (Fsp3) is 0.438. The molecule has 0 saturated carbocycles. The van der Waals surface area contributed by atoms with E-state index in [1.165, 1.54) is 5.56 Å². The molecular weight excluding hydrogens is 240 g/mol. The van der Waals surface area contributed by atoms with Crippen LogP contribution in [0.1, 0.15) is 36.5 Å². The van der Waals surface area contributed by atoms with Crippen LogP contribution >= 0.6 is 0 Å². The summed E-state index contributed by atoms with van der Waals surface area (Å²) in [4.78, 5) is 11.6. The highest BCUT2D eigenvalue weighted by atomic mass is 16.5. The van der Waals surface area contributed by atoms with Crippen molar-refractivity contribution in [3.63, 3.8) is 0 Å². The van der Waals surface area contributed by atoms with Crippen molar-refractivity contribution in [1.82, 2.24) is 0 Å². The molecule has 0 N–H and O–H groups in total. The van der Waals surface area contributed by atoms with Crippen LogP contribution in [0.5, 0.6) is 5.75 Å². The van der Waals surface area contributed by atoms with Gasteiger partial charge in [-0.1, -0.05) is 18.2 Å². The normalized spacial score (nSPS) is 13.5. The van der Waals surface area contributed by atoms with E-state index >= 15 is 0 Å². The maximum absolute atomic E-state index is 11.6. The van der Waals surface area contributed by atoms with Gasteiger partial charge in [0.25, 0.3) is 0 Å². The fourth-order valence-electron chi connectivity index (χ4n) is 2.61. The van der Waals surface area contributed by atoms with Gasteiger partial charge in [0.1, 0.15) is 5.75 Å². The molecule has 19 heavy (non-hydrogen) atoms. The van der Waals surface area contributed by atoms with Crippen molar-refractivity contribution >= 4 is 11.5 Å². The van der Waals surface area contributed by atoms with E-state index in [-0.39, 0.29) is 5.97 Å². The van der Waals surface area contributed by atoms with Gasteiger partial charge in [0.2, 0.25) is 0 Å². The Morgan fingerprint density at radius 3 is 2.84 bits per heavy atom. The average molecular weight is 260 g/mol. The van der Waals surface area contributed by atoms with Crippen molar-refractivity contribution in [1.29, 1.82) is 0 Å². The van der Waals surface area contributed by atoms with E-state index in [1.54, 1.807) is 7.11 Å². The summed E-state index contributed by atoms with van der Waals surface area (Å²) in [6, 6.07) is 4.12. The van der Waals surface area contributed by atoms with E-state index in [2.05, 4.69) is 12.1 Å². The third-order valence-corrected chi connectivity index (χ3v) is 3.43. The molecule has 2 rings (SSSR count). The molecule has 0 atom stereocenters. The lowest BCUT2D eigenvalue weighted by atomic mass is 9.87. The van der Waals surface area contributed by atoms with Crippen LogP contribution in [0.3, 0.4) is 0 Å². The number of carbonyl (C=O) groups is 1. The van der Waals surface area contributed by atoms with Crippen LogP contribution in [0.2, 0.25) is 0 Å². The highest BCUT2D eigenvalue weighted by Crippen LogP contribution is 2.36. The van der Waals surface area contributed by atoms with Crippen molar-refractivity contribution in [2.45, 2.75) is 33.1 Å². The van der Waals surface area contributed by atoms with Gasteiger partial charge in [-0.2, -0.15) is 0 Å². The van der Waals surface area contributed by atoms with Crippen molar-refractivity contribution in [2.24, 2.45) is 0 Å². The van der Waals surface area contributed by atoms with E-state index in [1.807, 2.05) is 19.9 Å². The van der Waals surface area contributed by atoms with Gasteiger partial charge in [0.05, 0.1) is 20.1 Å². The second-order valence-corrected chi connectivity index (χ2v) is 4.69. The second-order valence-electron chi connectivity index (χ2n) is 4.69. The number of aryl methyl sites for hydroxylation is 1. The Kier molecular flexibility index (Phi) is 4.25. The number of allylic oxidation sites excluding steroid dienone is 1. The Balaban J connectivity index is 2.32. The fourth-order valence-corrected chi connectivity index (χ4v) is 2.61. The third kappa shape index (κ3) is 2.80. The molecule has 102 valence electrons. The number of ether oxygens (including phenoxy) is 2. The molecule has 1 aliphatic rings. The smallest absolute Gasteiger partial charge is 0.310 e. The Morgan fingerprint density at radius 2 is 2.16 bits per heavy atom. The van der Waals surface area contributed by atoms with Crippen LogP contribution in [0, 0.1) is 6.92 Å². The summed E-state index contributed by atoms with van der Waals surface area (Å²) in [5.74, 6) is 0.785. The number of esters is 1. The number of rotatable bonds is 4. The van der Waals surface area contributed by atoms with Gasteiger partial charge >= 0.3 is 5.97 Å². The molecule has 3 nitrogen and oxygen atoms in total. The number of benzene rings is 1. The quantitative estimate of drug-likeness (QED) is 0.779. The van der Waals surface area contributed by atoms with E-state index < -0.39 is 0 Å². The van der Waals surface area contributed by atoms with Gasteiger partial charge in [0, 0.05) is 5.56 Å². The van der Waals surface area contributed by atoms with Crippen LogP contribution in [0.4, 0.5) is 0 Å². The average Bonchev–Trinajstić information content (AvgIpc) is 2.39. The summed E-state index contributed by atoms with van der Waals surface area (Å²) in [6.45, 7) is 4.30. The standard InChI is InChI=1S/C16H20O3/c1-4-19-15(17)10-12-6-5-7-14-13(12)9-8-11(2)16(14)18-3/h6,8-9H,4-5,7,10H2,1-3H3. The van der Waals surface area contributed by atoms with Crippen molar-refractivity contribution in [3.8, 4) is 5.75 Å². The Bertz CT molecular complexity index is 515. The molecule has 1 aromatic rings. The van der Waals surface area contributed by atoms with E-state index in [0.717, 1.165) is 35.3 Å². The summed E-state index contributed by atoms with van der Waals surface area (Å²) in [6.07, 6.45) is 4.38. The first-order chi connectivity index (χ1) is 9.17. The van der Waals surface area contributed by atoms with Crippen molar-refractivity contribution in [2.75, 3.05) is 13.7 Å². The van der Waals surface area contributed by atoms with Crippen molar-refractivity contribution < 1.29 is 14.3 Å². The SMILES string of the molecule is CCOC(=O)CC1=CCCc2c1ccc(C)c2OC. The molecule has 1 aromatic carbocycles.